The molecule has 2 aromatic carbocycles. The van der Waals surface area contributed by atoms with Gasteiger partial charge in [0.2, 0.25) is 0 Å². The molecule has 2 heterocycles. The van der Waals surface area contributed by atoms with Gasteiger partial charge in [0, 0.05) is 45.2 Å². The van der Waals surface area contributed by atoms with Gasteiger partial charge in [0.05, 0.1) is 5.56 Å². The third-order valence-corrected chi connectivity index (χ3v) is 4.68. The standard InChI is InChI=1S/C19H16BrN3O/c20-13-5-6-18-15(9-13)16(19(24)23-18)11-21-8-7-12-10-22-17-4-2-1-3-14(12)17/h1-6,9-11,22-24H,7-8H2. The molecule has 120 valence electrons. The van der Waals surface area contributed by atoms with Crippen LogP contribution in [0.3, 0.4) is 0 Å². The zero-order valence-electron chi connectivity index (χ0n) is 12.9. The summed E-state index contributed by atoms with van der Waals surface area (Å²) < 4.78 is 0.974. The van der Waals surface area contributed by atoms with Gasteiger partial charge >= 0.3 is 0 Å². The third-order valence-electron chi connectivity index (χ3n) is 4.19. The summed E-state index contributed by atoms with van der Waals surface area (Å²) in [6, 6.07) is 14.1. The van der Waals surface area contributed by atoms with Gasteiger partial charge in [0.15, 0.2) is 5.88 Å². The third kappa shape index (κ3) is 2.71. The lowest BCUT2D eigenvalue weighted by molar-refractivity contribution is 0.457. The summed E-state index contributed by atoms with van der Waals surface area (Å²) in [7, 11) is 0. The van der Waals surface area contributed by atoms with E-state index in [0.29, 0.717) is 6.54 Å². The molecule has 2 aromatic heterocycles. The highest BCUT2D eigenvalue weighted by Gasteiger charge is 2.09. The van der Waals surface area contributed by atoms with Crippen molar-refractivity contribution in [2.24, 2.45) is 4.99 Å². The van der Waals surface area contributed by atoms with Crippen molar-refractivity contribution < 1.29 is 5.11 Å². The second kappa shape index (κ2) is 6.17. The molecule has 5 heteroatoms. The highest BCUT2D eigenvalue weighted by atomic mass is 79.9. The van der Waals surface area contributed by atoms with E-state index < -0.39 is 0 Å². The number of rotatable bonds is 4. The molecule has 0 spiro atoms. The minimum atomic E-state index is 0.152. The predicted octanol–water partition coefficient (Wildman–Crippen LogP) is 4.78. The number of hydrogen-bond donors (Lipinski definition) is 3. The number of fused-ring (bicyclic) bond motifs is 2. The van der Waals surface area contributed by atoms with Crippen LogP contribution in [0.1, 0.15) is 11.1 Å². The molecule has 0 aliphatic rings. The van der Waals surface area contributed by atoms with Gasteiger partial charge in [-0.15, -0.1) is 0 Å². The fourth-order valence-electron chi connectivity index (χ4n) is 2.98. The molecule has 24 heavy (non-hydrogen) atoms. The first-order valence-electron chi connectivity index (χ1n) is 7.77. The molecule has 0 saturated carbocycles. The molecule has 0 aliphatic heterocycles. The minimum absolute atomic E-state index is 0.152. The van der Waals surface area contributed by atoms with Crippen LogP contribution in [0.2, 0.25) is 0 Å². The SMILES string of the molecule is Oc1[nH]c2ccc(Br)cc2c1C=NCCc1c[nH]c2ccccc12. The van der Waals surface area contributed by atoms with Crippen LogP contribution in [0, 0.1) is 0 Å². The van der Waals surface area contributed by atoms with Crippen LogP contribution in [0.25, 0.3) is 21.8 Å². The Balaban J connectivity index is 1.54. The minimum Gasteiger partial charge on any atom is -0.494 e. The molecule has 0 saturated heterocycles. The zero-order chi connectivity index (χ0) is 16.5. The van der Waals surface area contributed by atoms with Gasteiger partial charge in [-0.05, 0) is 36.2 Å². The van der Waals surface area contributed by atoms with Gasteiger partial charge in [0.1, 0.15) is 0 Å². The van der Waals surface area contributed by atoms with E-state index in [2.05, 4.69) is 43.0 Å². The number of nitrogens with zero attached hydrogens (tertiary/aromatic N) is 1. The van der Waals surface area contributed by atoms with Crippen molar-refractivity contribution in [1.29, 1.82) is 0 Å². The predicted molar refractivity (Wildman–Crippen MR) is 102 cm³/mol. The monoisotopic (exact) mass is 381 g/mol. The number of benzene rings is 2. The van der Waals surface area contributed by atoms with E-state index in [0.717, 1.165) is 32.9 Å². The topological polar surface area (TPSA) is 64.2 Å². The highest BCUT2D eigenvalue weighted by Crippen LogP contribution is 2.28. The van der Waals surface area contributed by atoms with Gasteiger partial charge in [-0.3, -0.25) is 4.99 Å². The number of halogens is 1. The Hall–Kier alpha value is -2.53. The average molecular weight is 382 g/mol. The van der Waals surface area contributed by atoms with Crippen molar-refractivity contribution in [2.45, 2.75) is 6.42 Å². The first-order valence-corrected chi connectivity index (χ1v) is 8.56. The van der Waals surface area contributed by atoms with Crippen molar-refractivity contribution in [2.75, 3.05) is 6.54 Å². The summed E-state index contributed by atoms with van der Waals surface area (Å²) in [5.74, 6) is 0.152. The Bertz CT molecular complexity index is 1050. The van der Waals surface area contributed by atoms with Crippen molar-refractivity contribution in [3.05, 3.63) is 64.3 Å². The smallest absolute Gasteiger partial charge is 0.198 e. The number of H-pyrrole nitrogens is 2. The number of aromatic amines is 2. The summed E-state index contributed by atoms with van der Waals surface area (Å²) in [6.07, 6.45) is 4.64. The van der Waals surface area contributed by atoms with Crippen molar-refractivity contribution in [3.63, 3.8) is 0 Å². The number of hydrogen-bond acceptors (Lipinski definition) is 2. The van der Waals surface area contributed by atoms with E-state index >= 15 is 0 Å². The molecule has 0 atom stereocenters. The van der Waals surface area contributed by atoms with E-state index in [4.69, 9.17) is 0 Å². The quantitative estimate of drug-likeness (QED) is 0.437. The molecule has 4 rings (SSSR count). The van der Waals surface area contributed by atoms with Crippen LogP contribution in [0.15, 0.2) is 58.1 Å². The average Bonchev–Trinajstić information content (AvgIpc) is 3.13. The second-order valence-electron chi connectivity index (χ2n) is 5.72. The van der Waals surface area contributed by atoms with Crippen LogP contribution < -0.4 is 0 Å². The molecule has 0 radical (unpaired) electrons. The van der Waals surface area contributed by atoms with Gasteiger partial charge in [-0.25, -0.2) is 0 Å². The summed E-state index contributed by atoms with van der Waals surface area (Å²) in [4.78, 5) is 10.8. The summed E-state index contributed by atoms with van der Waals surface area (Å²) in [6.45, 7) is 0.669. The van der Waals surface area contributed by atoms with Crippen molar-refractivity contribution in [3.8, 4) is 5.88 Å². The van der Waals surface area contributed by atoms with E-state index in [1.54, 1.807) is 6.21 Å². The van der Waals surface area contributed by atoms with E-state index in [1.807, 2.05) is 36.5 Å². The molecule has 0 aliphatic carbocycles. The number of aliphatic imine (C=N–C) groups is 1. The van der Waals surface area contributed by atoms with E-state index in [9.17, 15) is 5.11 Å². The van der Waals surface area contributed by atoms with Gasteiger partial charge in [-0.1, -0.05) is 34.1 Å². The van der Waals surface area contributed by atoms with Crippen LogP contribution in [0.4, 0.5) is 0 Å². The second-order valence-corrected chi connectivity index (χ2v) is 6.64. The maximum atomic E-state index is 10.1. The largest absolute Gasteiger partial charge is 0.494 e. The maximum Gasteiger partial charge on any atom is 0.198 e. The Morgan fingerprint density at radius 2 is 1.96 bits per heavy atom. The Kier molecular flexibility index (Phi) is 3.86. The fourth-order valence-corrected chi connectivity index (χ4v) is 3.34. The first-order chi connectivity index (χ1) is 11.7. The number of aromatic nitrogens is 2. The molecule has 4 aromatic rings. The van der Waals surface area contributed by atoms with Crippen molar-refractivity contribution in [1.82, 2.24) is 9.97 Å². The lowest BCUT2D eigenvalue weighted by Crippen LogP contribution is -1.89. The van der Waals surface area contributed by atoms with Crippen LogP contribution in [0.5, 0.6) is 5.88 Å². The Labute approximate surface area is 147 Å². The number of aromatic hydroxyl groups is 1. The van der Waals surface area contributed by atoms with Crippen LogP contribution >= 0.6 is 15.9 Å². The molecule has 0 bridgehead atoms. The molecular formula is C19H16BrN3O. The van der Waals surface area contributed by atoms with Crippen LogP contribution in [-0.4, -0.2) is 27.8 Å². The zero-order valence-corrected chi connectivity index (χ0v) is 14.5. The molecule has 3 N–H and O–H groups in total. The van der Waals surface area contributed by atoms with Crippen LogP contribution in [-0.2, 0) is 6.42 Å². The Morgan fingerprint density at radius 3 is 2.88 bits per heavy atom. The Morgan fingerprint density at radius 1 is 1.08 bits per heavy atom. The normalized spacial score (nSPS) is 11.9. The lowest BCUT2D eigenvalue weighted by atomic mass is 10.1. The molecule has 0 unspecified atom stereocenters. The van der Waals surface area contributed by atoms with Gasteiger partial charge in [0.25, 0.3) is 0 Å². The molecule has 0 fully saturated rings. The maximum absolute atomic E-state index is 10.1. The summed E-state index contributed by atoms with van der Waals surface area (Å²) >= 11 is 3.46. The molecular weight excluding hydrogens is 366 g/mol. The summed E-state index contributed by atoms with van der Waals surface area (Å²) in [5.41, 5.74) is 4.03. The molecule has 4 nitrogen and oxygen atoms in total. The van der Waals surface area contributed by atoms with E-state index in [1.165, 1.54) is 10.9 Å². The van der Waals surface area contributed by atoms with Crippen molar-refractivity contribution >= 4 is 44.0 Å². The van der Waals surface area contributed by atoms with Gasteiger partial charge in [-0.2, -0.15) is 0 Å². The fraction of sp³-hybridized carbons (Fsp3) is 0.105. The van der Waals surface area contributed by atoms with Gasteiger partial charge < -0.3 is 15.1 Å². The number of para-hydroxylation sites is 1. The molecule has 0 amide bonds. The lowest BCUT2D eigenvalue weighted by Gasteiger charge is -1.97. The highest BCUT2D eigenvalue weighted by molar-refractivity contribution is 9.10. The van der Waals surface area contributed by atoms with E-state index in [-0.39, 0.29) is 5.88 Å². The number of nitrogens with one attached hydrogen (secondary N) is 2. The first kappa shape index (κ1) is 15.0. The summed E-state index contributed by atoms with van der Waals surface area (Å²) in [5, 5.41) is 12.3.